The van der Waals surface area contributed by atoms with Crippen LogP contribution in [0.2, 0.25) is 5.02 Å². The van der Waals surface area contributed by atoms with Crippen LogP contribution in [0.4, 0.5) is 15.8 Å². The summed E-state index contributed by atoms with van der Waals surface area (Å²) in [6, 6.07) is 19.4. The Hall–Kier alpha value is -2.70. The number of nitrogens with one attached hydrogen (secondary N) is 2. The molecule has 34 heavy (non-hydrogen) atoms. The van der Waals surface area contributed by atoms with Crippen molar-refractivity contribution in [3.63, 3.8) is 0 Å². The Labute approximate surface area is 209 Å². The Morgan fingerprint density at radius 3 is 2.53 bits per heavy atom. The SMILES string of the molecule is Cc1ccc(SNc2cccc(C)c2C(=N)N2CCN(c3ccc(Cl)cc3F)CC23CC3)cc1. The lowest BCUT2D eigenvalue weighted by Gasteiger charge is -2.45. The average molecular weight is 495 g/mol. The molecule has 1 aliphatic carbocycles. The van der Waals surface area contributed by atoms with E-state index in [1.54, 1.807) is 24.1 Å². The Balaban J connectivity index is 1.36. The van der Waals surface area contributed by atoms with Crippen LogP contribution in [0.3, 0.4) is 0 Å². The van der Waals surface area contributed by atoms with Crippen molar-refractivity contribution in [3.05, 3.63) is 88.2 Å². The van der Waals surface area contributed by atoms with Gasteiger partial charge in [-0.3, -0.25) is 5.41 Å². The maximum Gasteiger partial charge on any atom is 0.147 e. The topological polar surface area (TPSA) is 42.4 Å². The van der Waals surface area contributed by atoms with Gasteiger partial charge in [-0.25, -0.2) is 4.39 Å². The lowest BCUT2D eigenvalue weighted by Crippen LogP contribution is -2.57. The van der Waals surface area contributed by atoms with E-state index in [-0.39, 0.29) is 11.4 Å². The van der Waals surface area contributed by atoms with Crippen LogP contribution in [0, 0.1) is 25.1 Å². The fraction of sp³-hybridized carbons (Fsp3) is 0.296. The van der Waals surface area contributed by atoms with Crippen molar-refractivity contribution in [1.82, 2.24) is 4.90 Å². The van der Waals surface area contributed by atoms with Gasteiger partial charge in [-0.1, -0.05) is 41.4 Å². The van der Waals surface area contributed by atoms with Crippen LogP contribution in [0.1, 0.15) is 29.5 Å². The molecule has 3 aromatic carbocycles. The van der Waals surface area contributed by atoms with E-state index in [1.807, 2.05) is 12.1 Å². The minimum Gasteiger partial charge on any atom is -0.365 e. The number of anilines is 2. The van der Waals surface area contributed by atoms with E-state index >= 15 is 0 Å². The highest BCUT2D eigenvalue weighted by molar-refractivity contribution is 8.00. The summed E-state index contributed by atoms with van der Waals surface area (Å²) in [5.74, 6) is 0.254. The van der Waals surface area contributed by atoms with Crippen LogP contribution in [0.5, 0.6) is 0 Å². The fourth-order valence-corrected chi connectivity index (χ4v) is 5.59. The van der Waals surface area contributed by atoms with Gasteiger partial charge >= 0.3 is 0 Å². The van der Waals surface area contributed by atoms with Crippen LogP contribution in [0.25, 0.3) is 0 Å². The maximum absolute atomic E-state index is 14.6. The highest BCUT2D eigenvalue weighted by Gasteiger charge is 2.52. The molecular weight excluding hydrogens is 467 g/mol. The number of hydrogen-bond acceptors (Lipinski definition) is 4. The molecule has 176 valence electrons. The van der Waals surface area contributed by atoms with Crippen LogP contribution in [-0.2, 0) is 0 Å². The highest BCUT2D eigenvalue weighted by atomic mass is 35.5. The molecule has 1 saturated heterocycles. The van der Waals surface area contributed by atoms with Gasteiger partial charge in [0.05, 0.1) is 16.9 Å². The van der Waals surface area contributed by atoms with E-state index in [9.17, 15) is 9.80 Å². The maximum atomic E-state index is 14.6. The second-order valence-corrected chi connectivity index (χ2v) is 10.6. The smallest absolute Gasteiger partial charge is 0.147 e. The summed E-state index contributed by atoms with van der Waals surface area (Å²) in [6.07, 6.45) is 2.02. The predicted molar refractivity (Wildman–Crippen MR) is 141 cm³/mol. The summed E-state index contributed by atoms with van der Waals surface area (Å²) in [4.78, 5) is 5.47. The third-order valence-corrected chi connectivity index (χ3v) is 7.87. The zero-order chi connectivity index (χ0) is 23.9. The second kappa shape index (κ2) is 9.16. The molecule has 0 atom stereocenters. The zero-order valence-corrected chi connectivity index (χ0v) is 20.9. The second-order valence-electron chi connectivity index (χ2n) is 9.26. The van der Waals surface area contributed by atoms with Crippen molar-refractivity contribution in [2.24, 2.45) is 0 Å². The minimum absolute atomic E-state index is 0.120. The monoisotopic (exact) mass is 494 g/mol. The summed E-state index contributed by atoms with van der Waals surface area (Å²) in [7, 11) is 0. The number of hydrogen-bond donors (Lipinski definition) is 2. The number of piperazine rings is 1. The van der Waals surface area contributed by atoms with Gasteiger partial charge in [0.25, 0.3) is 0 Å². The van der Waals surface area contributed by atoms with Crippen molar-refractivity contribution in [2.45, 2.75) is 37.1 Å². The molecule has 3 aromatic rings. The van der Waals surface area contributed by atoms with Crippen LogP contribution >= 0.6 is 23.5 Å². The number of aryl methyl sites for hydroxylation is 2. The first kappa shape index (κ1) is 23.1. The Morgan fingerprint density at radius 1 is 1.06 bits per heavy atom. The molecule has 0 unspecified atom stereocenters. The minimum atomic E-state index is -0.287. The van der Waals surface area contributed by atoms with Crippen LogP contribution in [-0.4, -0.2) is 35.9 Å². The van der Waals surface area contributed by atoms with Crippen molar-refractivity contribution in [3.8, 4) is 0 Å². The summed E-state index contributed by atoms with van der Waals surface area (Å²) in [5.41, 5.74) is 4.65. The Morgan fingerprint density at radius 2 is 1.82 bits per heavy atom. The molecule has 1 heterocycles. The third-order valence-electron chi connectivity index (χ3n) is 6.81. The molecule has 2 N–H and O–H groups in total. The molecule has 0 bridgehead atoms. The van der Waals surface area contributed by atoms with E-state index < -0.39 is 0 Å². The third kappa shape index (κ3) is 4.49. The molecule has 1 spiro atoms. The molecule has 0 aromatic heterocycles. The number of benzene rings is 3. The molecule has 7 heteroatoms. The van der Waals surface area contributed by atoms with Gasteiger partial charge < -0.3 is 14.5 Å². The number of nitrogens with zero attached hydrogens (tertiary/aromatic N) is 2. The van der Waals surface area contributed by atoms with Crippen LogP contribution < -0.4 is 9.62 Å². The summed E-state index contributed by atoms with van der Waals surface area (Å²) >= 11 is 7.51. The van der Waals surface area contributed by atoms with Crippen molar-refractivity contribution in [2.75, 3.05) is 29.3 Å². The van der Waals surface area contributed by atoms with Gasteiger partial charge in [-0.05, 0) is 80.6 Å². The molecule has 2 fully saturated rings. The summed E-state index contributed by atoms with van der Waals surface area (Å²) < 4.78 is 18.1. The van der Waals surface area contributed by atoms with E-state index in [0.717, 1.165) is 34.6 Å². The van der Waals surface area contributed by atoms with E-state index in [1.165, 1.54) is 11.6 Å². The molecular formula is C27H28ClFN4S. The first-order valence-electron chi connectivity index (χ1n) is 11.5. The first-order valence-corrected chi connectivity index (χ1v) is 12.7. The average Bonchev–Trinajstić information content (AvgIpc) is 3.57. The zero-order valence-electron chi connectivity index (χ0n) is 19.4. The highest BCUT2D eigenvalue weighted by Crippen LogP contribution is 2.46. The lowest BCUT2D eigenvalue weighted by molar-refractivity contribution is 0.258. The Kier molecular flexibility index (Phi) is 6.21. The van der Waals surface area contributed by atoms with E-state index in [0.29, 0.717) is 36.2 Å². The fourth-order valence-electron chi connectivity index (χ4n) is 4.76. The summed E-state index contributed by atoms with van der Waals surface area (Å²) in [6.45, 7) is 6.19. The normalized spacial score (nSPS) is 16.6. The van der Waals surface area contributed by atoms with Gasteiger partial charge in [0.2, 0.25) is 0 Å². The van der Waals surface area contributed by atoms with E-state index in [2.05, 4.69) is 58.7 Å². The van der Waals surface area contributed by atoms with Gasteiger partial charge in [0.1, 0.15) is 11.7 Å². The Bertz CT molecular complexity index is 1230. The molecule has 5 rings (SSSR count). The standard InChI is InChI=1S/C27H28ClFN4S/c1-18-6-9-21(10-7-18)34-31-23-5-3-4-19(2)25(23)26(30)33-15-14-32(17-27(33)12-13-27)24-11-8-20(28)16-22(24)29/h3-11,16,30-31H,12-15,17H2,1-2H3. The lowest BCUT2D eigenvalue weighted by atomic mass is 10.0. The summed E-state index contributed by atoms with van der Waals surface area (Å²) in [5, 5.41) is 9.63. The molecule has 2 aliphatic rings. The van der Waals surface area contributed by atoms with Gasteiger partial charge in [-0.2, -0.15) is 0 Å². The number of halogens is 2. The predicted octanol–water partition coefficient (Wildman–Crippen LogP) is 6.90. The number of rotatable bonds is 5. The van der Waals surface area contributed by atoms with Crippen molar-refractivity contribution in [1.29, 1.82) is 5.41 Å². The van der Waals surface area contributed by atoms with Crippen molar-refractivity contribution < 1.29 is 4.39 Å². The largest absolute Gasteiger partial charge is 0.365 e. The van der Waals surface area contributed by atoms with Gasteiger partial charge in [-0.15, -0.1) is 0 Å². The molecule has 4 nitrogen and oxygen atoms in total. The molecule has 1 saturated carbocycles. The van der Waals surface area contributed by atoms with Gasteiger partial charge in [0, 0.05) is 35.1 Å². The molecule has 0 radical (unpaired) electrons. The first-order chi connectivity index (χ1) is 16.4. The van der Waals surface area contributed by atoms with Crippen LogP contribution in [0.15, 0.2) is 65.6 Å². The van der Waals surface area contributed by atoms with E-state index in [4.69, 9.17) is 11.6 Å². The molecule has 0 amide bonds. The van der Waals surface area contributed by atoms with Crippen molar-refractivity contribution >= 4 is 40.8 Å². The number of amidine groups is 1. The quantitative estimate of drug-likeness (QED) is 0.230. The van der Waals surface area contributed by atoms with Gasteiger partial charge in [0.15, 0.2) is 0 Å². The molecule has 1 aliphatic heterocycles.